The van der Waals surface area contributed by atoms with Crippen LogP contribution in [0.2, 0.25) is 0 Å². The van der Waals surface area contributed by atoms with Gasteiger partial charge in [0.05, 0.1) is 43.2 Å². The number of aliphatic hydroxyl groups excluding tert-OH is 1. The summed E-state index contributed by atoms with van der Waals surface area (Å²) in [6.45, 7) is 10.9. The Hall–Kier alpha value is -12.1. The molecule has 0 spiro atoms. The van der Waals surface area contributed by atoms with Crippen LogP contribution in [0.5, 0.6) is 11.5 Å². The monoisotopic (exact) mass is 1570 g/mol. The Morgan fingerprint density at radius 1 is 0.429 bits per heavy atom. The molecule has 2 aromatic heterocycles. The fourth-order valence-electron chi connectivity index (χ4n) is 11.2. The van der Waals surface area contributed by atoms with Crippen LogP contribution in [0.1, 0.15) is 129 Å². The first-order valence-corrected chi connectivity index (χ1v) is 36.3. The summed E-state index contributed by atoms with van der Waals surface area (Å²) in [5, 5.41) is 79.6. The van der Waals surface area contributed by atoms with Crippen LogP contribution in [-0.2, 0) is 102 Å². The zero-order valence-corrected chi connectivity index (χ0v) is 63.5. The smallest absolute Gasteiger partial charge is 0.326 e. The Kier molecular flexibility index (Phi) is 37.7. The van der Waals surface area contributed by atoms with E-state index in [2.05, 4.69) is 83.7 Å². The summed E-state index contributed by atoms with van der Waals surface area (Å²) in [7, 11) is 0. The molecule has 0 saturated heterocycles. The maximum Gasteiger partial charge on any atom is 0.326 e. The summed E-state index contributed by atoms with van der Waals surface area (Å²) >= 11 is 0. The lowest BCUT2D eigenvalue weighted by Crippen LogP contribution is -2.62. The van der Waals surface area contributed by atoms with Crippen molar-refractivity contribution in [3.8, 4) is 11.5 Å². The van der Waals surface area contributed by atoms with E-state index in [1.165, 1.54) is 87.4 Å². The first-order chi connectivity index (χ1) is 52.8. The molecule has 0 radical (unpaired) electrons. The Balaban J connectivity index is 1.56. The number of primary amides is 2. The molecule has 0 unspecified atom stereocenters. The molecule has 40 nitrogen and oxygen atoms in total. The SMILES string of the molecule is CC[C@H](C)[C@H](NC(=O)[C@@H](NC(=O)[C@H](Cc1ccc(O)cc1)NC(=O)[C@H](CO)NC(=O)CNC(=O)[C@H](Cc1ccc(O)cc1)NC(=O)[C@@H](N)CCC(N)=O)C(C)C)C(=O)N[C@@H](CCC(N)=O)C(=O)N[C@@H](Cc1c[nH]cn1)C(=O)N[C@H](C(=O)N[C@@H](CC(C)C)C(=O)N[C@@H](CCC(=O)O)C(=O)N[C@@H](Cc1c[nH]cn1)C(=O)O)C(C)C. The van der Waals surface area contributed by atoms with Gasteiger partial charge in [-0.15, -0.1) is 0 Å². The molecule has 40 heteroatoms. The highest BCUT2D eigenvalue weighted by molar-refractivity contribution is 6.00. The Morgan fingerprint density at radius 2 is 0.804 bits per heavy atom. The van der Waals surface area contributed by atoms with Gasteiger partial charge in [0.25, 0.3) is 0 Å². The molecule has 4 aromatic rings. The highest BCUT2D eigenvalue weighted by atomic mass is 16.4. The van der Waals surface area contributed by atoms with Gasteiger partial charge in [-0.1, -0.05) is 86.1 Å². The average Bonchev–Trinajstić information content (AvgIpc) is 1.01. The molecule has 25 N–H and O–H groups in total. The highest BCUT2D eigenvalue weighted by Gasteiger charge is 2.39. The van der Waals surface area contributed by atoms with Crippen molar-refractivity contribution in [3.63, 3.8) is 0 Å². The number of nitrogens with one attached hydrogen (secondary N) is 14. The van der Waals surface area contributed by atoms with Crippen LogP contribution in [0.3, 0.4) is 0 Å². The number of aromatic nitrogens is 4. The van der Waals surface area contributed by atoms with Crippen LogP contribution in [0.4, 0.5) is 0 Å². The van der Waals surface area contributed by atoms with Gasteiger partial charge >= 0.3 is 11.9 Å². The molecule has 614 valence electrons. The first-order valence-electron chi connectivity index (χ1n) is 36.3. The second-order valence-corrected chi connectivity index (χ2v) is 28.1. The number of benzene rings is 2. The third-order valence-corrected chi connectivity index (χ3v) is 17.7. The highest BCUT2D eigenvalue weighted by Crippen LogP contribution is 2.18. The first kappa shape index (κ1) is 92.3. The molecule has 0 bridgehead atoms. The number of phenolic OH excluding ortho intramolecular Hbond substituents is 2. The number of carboxylic acids is 2. The van der Waals surface area contributed by atoms with Crippen LogP contribution in [0, 0.1) is 23.7 Å². The molecule has 2 heterocycles. The zero-order valence-electron chi connectivity index (χ0n) is 63.5. The lowest BCUT2D eigenvalue weighted by Gasteiger charge is -2.31. The summed E-state index contributed by atoms with van der Waals surface area (Å²) < 4.78 is 0. The molecule has 0 aliphatic carbocycles. The van der Waals surface area contributed by atoms with E-state index in [0.29, 0.717) is 11.1 Å². The van der Waals surface area contributed by atoms with Gasteiger partial charge in [-0.05, 0) is 84.7 Å². The molecule has 0 aliphatic rings. The van der Waals surface area contributed by atoms with Gasteiger partial charge in [-0.3, -0.25) is 71.9 Å². The van der Waals surface area contributed by atoms with Crippen molar-refractivity contribution in [2.45, 2.75) is 205 Å². The third kappa shape index (κ3) is 31.8. The van der Waals surface area contributed by atoms with Crippen LogP contribution in [-0.4, -0.2) is 226 Å². The van der Waals surface area contributed by atoms with Crippen LogP contribution < -0.4 is 81.0 Å². The van der Waals surface area contributed by atoms with E-state index in [-0.39, 0.29) is 80.2 Å². The molecule has 13 atom stereocenters. The van der Waals surface area contributed by atoms with E-state index < -0.39 is 224 Å². The number of carbonyl (C=O) groups excluding carboxylic acids is 14. The lowest BCUT2D eigenvalue weighted by atomic mass is 9.95. The number of nitrogens with zero attached hydrogens (tertiary/aromatic N) is 2. The Morgan fingerprint density at radius 3 is 1.24 bits per heavy atom. The van der Waals surface area contributed by atoms with Gasteiger partial charge in [0, 0.05) is 57.3 Å². The summed E-state index contributed by atoms with van der Waals surface area (Å²) in [5.41, 5.74) is 18.0. The summed E-state index contributed by atoms with van der Waals surface area (Å²) in [6, 6.07) is -7.53. The molecule has 112 heavy (non-hydrogen) atoms. The fourth-order valence-corrected chi connectivity index (χ4v) is 11.2. The molecule has 0 saturated carbocycles. The second kappa shape index (κ2) is 45.8. The van der Waals surface area contributed by atoms with E-state index in [0.717, 1.165) is 0 Å². The standard InChI is InChI=1S/C72H105N19O21/c1-9-38(8)60(91-70(109)59(37(6)7)90-66(105)50(26-40-12-16-44(94)17-13-40)85-68(107)53(32-92)81-56(97)31-78-62(101)49(25-39-10-14-43(93)15-11-39)84-61(100)45(73)18-21-54(74)95)71(110)83-46(19-22-55(75)96)63(102)86-51(27-41-29-76-33-79-41)67(106)89-58(36(4)5)69(108)87-48(24-35(2)3)65(104)82-47(20-23-57(98)99)64(103)88-52(72(111)112)28-42-30-77-34-80-42/h10-17,29-30,33-38,45-53,58-60,92-94H,9,18-28,31-32,73H2,1-8H3,(H2,74,95)(H2,75,96)(H,76,79)(H,77,80)(H,78,101)(H,81,97)(H,82,104)(H,83,110)(H,84,100)(H,85,107)(H,86,102)(H,87,108)(H,88,103)(H,89,106)(H,90,105)(H,91,109)(H,98,99)(H,111,112)/t38-,45-,46-,47-,48-,49-,50-,51-,52-,53-,58-,59-,60-/m0/s1. The molecular formula is C72H105N19O21. The molecule has 0 fully saturated rings. The Labute approximate surface area is 644 Å². The minimum absolute atomic E-state index is 0.0762. The van der Waals surface area contributed by atoms with Crippen molar-refractivity contribution < 1.29 is 102 Å². The lowest BCUT2D eigenvalue weighted by molar-refractivity contribution is -0.143. The number of phenols is 2. The number of H-pyrrole nitrogens is 2. The number of rotatable bonds is 49. The third-order valence-electron chi connectivity index (χ3n) is 17.7. The van der Waals surface area contributed by atoms with E-state index in [4.69, 9.17) is 17.2 Å². The Bertz CT molecular complexity index is 3860. The van der Waals surface area contributed by atoms with Crippen LogP contribution in [0.15, 0.2) is 73.6 Å². The predicted molar refractivity (Wildman–Crippen MR) is 397 cm³/mol. The topological polar surface area (TPSA) is 654 Å². The van der Waals surface area contributed by atoms with E-state index in [9.17, 15) is 102 Å². The summed E-state index contributed by atoms with van der Waals surface area (Å²) in [4.78, 5) is 231. The number of aliphatic carboxylic acids is 2. The second-order valence-electron chi connectivity index (χ2n) is 28.1. The van der Waals surface area contributed by atoms with Gasteiger partial charge in [0.15, 0.2) is 0 Å². The van der Waals surface area contributed by atoms with Gasteiger partial charge in [0.1, 0.15) is 78.0 Å². The van der Waals surface area contributed by atoms with Crippen LogP contribution >= 0.6 is 0 Å². The number of imidazole rings is 2. The minimum atomic E-state index is -1.80. The number of carbonyl (C=O) groups is 16. The number of nitrogens with two attached hydrogens (primary N) is 3. The number of aromatic hydroxyl groups is 2. The van der Waals surface area contributed by atoms with Crippen molar-refractivity contribution in [2.24, 2.45) is 40.9 Å². The molecule has 2 aromatic carbocycles. The molecular weight excluding hydrogens is 1470 g/mol. The van der Waals surface area contributed by atoms with E-state index in [1.807, 2.05) is 0 Å². The van der Waals surface area contributed by atoms with Crippen molar-refractivity contribution in [1.29, 1.82) is 0 Å². The van der Waals surface area contributed by atoms with Crippen LogP contribution in [0.25, 0.3) is 0 Å². The number of aliphatic hydroxyl groups is 1. The zero-order chi connectivity index (χ0) is 83.6. The van der Waals surface area contributed by atoms with Gasteiger partial charge in [-0.25, -0.2) is 14.8 Å². The van der Waals surface area contributed by atoms with Crippen molar-refractivity contribution in [2.75, 3.05) is 13.2 Å². The normalized spacial score (nSPS) is 14.7. The largest absolute Gasteiger partial charge is 0.508 e. The number of carboxylic acid groups (broad SMARTS) is 2. The number of hydrogen-bond acceptors (Lipinski definition) is 22. The van der Waals surface area contributed by atoms with E-state index in [1.54, 1.807) is 41.5 Å². The molecule has 14 amide bonds. The summed E-state index contributed by atoms with van der Waals surface area (Å²) in [6.07, 6.45) is 1.78. The van der Waals surface area contributed by atoms with Gasteiger partial charge in [0.2, 0.25) is 82.7 Å². The molecule has 0 aliphatic heterocycles. The van der Waals surface area contributed by atoms with Crippen molar-refractivity contribution in [3.05, 3.63) is 96.1 Å². The van der Waals surface area contributed by atoms with E-state index >= 15 is 0 Å². The maximum absolute atomic E-state index is 14.7. The van der Waals surface area contributed by atoms with Gasteiger partial charge < -0.3 is 117 Å². The van der Waals surface area contributed by atoms with Crippen molar-refractivity contribution in [1.82, 2.24) is 83.7 Å². The maximum atomic E-state index is 14.7. The molecule has 4 rings (SSSR count). The number of aromatic amines is 2. The number of amides is 14. The van der Waals surface area contributed by atoms with Crippen molar-refractivity contribution >= 4 is 94.6 Å². The average molecular weight is 1570 g/mol. The fraction of sp³-hybridized carbons (Fsp3) is 0.528. The number of hydrogen-bond donors (Lipinski definition) is 22. The summed E-state index contributed by atoms with van der Waals surface area (Å²) in [5.74, 6) is -19.3. The predicted octanol–water partition coefficient (Wildman–Crippen LogP) is -4.53. The van der Waals surface area contributed by atoms with Gasteiger partial charge in [-0.2, -0.15) is 0 Å². The minimum Gasteiger partial charge on any atom is -0.508 e. The quantitative estimate of drug-likeness (QED) is 0.0198.